The lowest BCUT2D eigenvalue weighted by molar-refractivity contribution is -0.145. The van der Waals surface area contributed by atoms with Crippen molar-refractivity contribution >= 4 is 63.8 Å². The molecule has 1 N–H and O–H groups in total. The Morgan fingerprint density at radius 3 is 2.63 bits per heavy atom. The lowest BCUT2D eigenvalue weighted by Gasteiger charge is -2.27. The van der Waals surface area contributed by atoms with Crippen LogP contribution in [0.15, 0.2) is 30.4 Å². The van der Waals surface area contributed by atoms with Crippen LogP contribution in [0.2, 0.25) is 0 Å². The Hall–Kier alpha value is -2.47. The Kier molecular flexibility index (Phi) is 8.78. The van der Waals surface area contributed by atoms with E-state index in [-0.39, 0.29) is 30.4 Å². The van der Waals surface area contributed by atoms with E-state index >= 15 is 0 Å². The lowest BCUT2D eigenvalue weighted by atomic mass is 10.1. The number of esters is 1. The van der Waals surface area contributed by atoms with Crippen molar-refractivity contribution in [1.29, 1.82) is 0 Å². The predicted octanol–water partition coefficient (Wildman–Crippen LogP) is 2.44. The standard InChI is InChI=1S/C20H21IN2O6S/c1-4-7-23-19(26)13(18(25)22-20(23)30)8-12-9-14(21)17(15(10-12)27-5-2)29-11-16(24)28-6-3/h4,8-10H,1,5-7,11H2,2-3H3,(H,22,25,30)/b13-8+. The topological polar surface area (TPSA) is 94.2 Å². The third-order valence-corrected chi connectivity index (χ3v) is 4.90. The second kappa shape index (κ2) is 11.1. The number of ether oxygens (including phenoxy) is 3. The van der Waals surface area contributed by atoms with Crippen LogP contribution < -0.4 is 14.8 Å². The maximum Gasteiger partial charge on any atom is 0.344 e. The van der Waals surface area contributed by atoms with Crippen LogP contribution in [-0.2, 0) is 19.1 Å². The van der Waals surface area contributed by atoms with E-state index < -0.39 is 17.8 Å². The summed E-state index contributed by atoms with van der Waals surface area (Å²) >= 11 is 7.08. The summed E-state index contributed by atoms with van der Waals surface area (Å²) in [6.45, 7) is 7.63. The number of halogens is 1. The second-order valence-electron chi connectivity index (χ2n) is 5.88. The van der Waals surface area contributed by atoms with Crippen LogP contribution in [0, 0.1) is 3.57 Å². The number of benzene rings is 1. The van der Waals surface area contributed by atoms with Gasteiger partial charge in [0.25, 0.3) is 11.8 Å². The molecule has 160 valence electrons. The molecular formula is C20H21IN2O6S. The van der Waals surface area contributed by atoms with E-state index in [0.717, 1.165) is 0 Å². The molecule has 0 radical (unpaired) electrons. The lowest BCUT2D eigenvalue weighted by Crippen LogP contribution is -2.53. The highest BCUT2D eigenvalue weighted by Crippen LogP contribution is 2.35. The van der Waals surface area contributed by atoms with Gasteiger partial charge in [0.15, 0.2) is 23.2 Å². The van der Waals surface area contributed by atoms with Crippen LogP contribution in [0.1, 0.15) is 19.4 Å². The minimum Gasteiger partial charge on any atom is -0.490 e. The Bertz CT molecular complexity index is 915. The van der Waals surface area contributed by atoms with Gasteiger partial charge in [-0.1, -0.05) is 6.08 Å². The maximum atomic E-state index is 12.7. The van der Waals surface area contributed by atoms with Crippen LogP contribution >= 0.6 is 34.8 Å². The molecule has 2 rings (SSSR count). The number of nitrogens with zero attached hydrogens (tertiary/aromatic N) is 1. The van der Waals surface area contributed by atoms with Crippen LogP contribution in [0.4, 0.5) is 0 Å². The second-order valence-corrected chi connectivity index (χ2v) is 7.43. The molecule has 10 heteroatoms. The fourth-order valence-corrected chi connectivity index (χ4v) is 3.59. The van der Waals surface area contributed by atoms with E-state index in [4.69, 9.17) is 26.4 Å². The molecular weight excluding hydrogens is 523 g/mol. The van der Waals surface area contributed by atoms with Gasteiger partial charge in [-0.05, 0) is 72.4 Å². The van der Waals surface area contributed by atoms with E-state index in [0.29, 0.717) is 27.2 Å². The van der Waals surface area contributed by atoms with Gasteiger partial charge in [-0.2, -0.15) is 0 Å². The van der Waals surface area contributed by atoms with Gasteiger partial charge < -0.3 is 14.2 Å². The van der Waals surface area contributed by atoms with Gasteiger partial charge in [0.2, 0.25) is 0 Å². The third kappa shape index (κ3) is 5.79. The number of thiocarbonyl (C=S) groups is 1. The molecule has 0 atom stereocenters. The van der Waals surface area contributed by atoms with Crippen molar-refractivity contribution < 1.29 is 28.6 Å². The zero-order chi connectivity index (χ0) is 22.3. The average molecular weight is 544 g/mol. The molecule has 0 bridgehead atoms. The molecule has 1 aromatic rings. The van der Waals surface area contributed by atoms with Gasteiger partial charge in [-0.25, -0.2) is 4.79 Å². The molecule has 0 unspecified atom stereocenters. The Labute approximate surface area is 193 Å². The number of amides is 2. The third-order valence-electron chi connectivity index (χ3n) is 3.78. The highest BCUT2D eigenvalue weighted by Gasteiger charge is 2.32. The number of hydrogen-bond acceptors (Lipinski definition) is 7. The van der Waals surface area contributed by atoms with Crippen molar-refractivity contribution in [3.05, 3.63) is 39.5 Å². The van der Waals surface area contributed by atoms with Gasteiger partial charge in [-0.15, -0.1) is 6.58 Å². The zero-order valence-corrected chi connectivity index (χ0v) is 19.5. The largest absolute Gasteiger partial charge is 0.490 e. The molecule has 8 nitrogen and oxygen atoms in total. The number of rotatable bonds is 9. The Morgan fingerprint density at radius 1 is 1.27 bits per heavy atom. The summed E-state index contributed by atoms with van der Waals surface area (Å²) in [6.07, 6.45) is 2.97. The Balaban J connectivity index is 2.38. The van der Waals surface area contributed by atoms with Crippen molar-refractivity contribution in [3.63, 3.8) is 0 Å². The zero-order valence-electron chi connectivity index (χ0n) is 16.5. The quantitative estimate of drug-likeness (QED) is 0.128. The molecule has 1 saturated heterocycles. The number of carbonyl (C=O) groups excluding carboxylic acids is 3. The molecule has 0 aromatic heterocycles. The first kappa shape index (κ1) is 23.8. The number of carbonyl (C=O) groups is 3. The van der Waals surface area contributed by atoms with Crippen molar-refractivity contribution in [3.8, 4) is 11.5 Å². The summed E-state index contributed by atoms with van der Waals surface area (Å²) in [7, 11) is 0. The molecule has 1 fully saturated rings. The smallest absolute Gasteiger partial charge is 0.344 e. The summed E-state index contributed by atoms with van der Waals surface area (Å²) in [5.74, 6) is -0.839. The highest BCUT2D eigenvalue weighted by molar-refractivity contribution is 14.1. The van der Waals surface area contributed by atoms with E-state index in [1.54, 1.807) is 26.0 Å². The minimum atomic E-state index is -0.582. The van der Waals surface area contributed by atoms with Crippen LogP contribution in [0.25, 0.3) is 6.08 Å². The molecule has 0 saturated carbocycles. The number of nitrogens with one attached hydrogen (secondary N) is 1. The minimum absolute atomic E-state index is 0.0364. The monoisotopic (exact) mass is 544 g/mol. The fraction of sp³-hybridized carbons (Fsp3) is 0.300. The van der Waals surface area contributed by atoms with Crippen molar-refractivity contribution in [1.82, 2.24) is 10.2 Å². The number of hydrogen-bond donors (Lipinski definition) is 1. The molecule has 1 aromatic carbocycles. The first-order valence-electron chi connectivity index (χ1n) is 9.06. The average Bonchev–Trinajstić information content (AvgIpc) is 2.68. The molecule has 30 heavy (non-hydrogen) atoms. The fourth-order valence-electron chi connectivity index (χ4n) is 2.56. The first-order chi connectivity index (χ1) is 14.3. The summed E-state index contributed by atoms with van der Waals surface area (Å²) in [4.78, 5) is 37.9. The summed E-state index contributed by atoms with van der Waals surface area (Å²) in [5.41, 5.74) is 0.486. The van der Waals surface area contributed by atoms with Gasteiger partial charge in [0.05, 0.1) is 16.8 Å². The normalized spacial score (nSPS) is 15.1. The predicted molar refractivity (Wildman–Crippen MR) is 123 cm³/mol. The van der Waals surface area contributed by atoms with Gasteiger partial charge in [-0.3, -0.25) is 19.8 Å². The van der Waals surface area contributed by atoms with Gasteiger partial charge >= 0.3 is 5.97 Å². The van der Waals surface area contributed by atoms with Crippen molar-refractivity contribution in [2.24, 2.45) is 0 Å². The SMILES string of the molecule is C=CCN1C(=O)/C(=C/c2cc(I)c(OCC(=O)OCC)c(OCC)c2)C(=O)NC1=S. The molecule has 1 aliphatic heterocycles. The molecule has 0 aliphatic carbocycles. The first-order valence-corrected chi connectivity index (χ1v) is 10.6. The Morgan fingerprint density at radius 2 is 2.00 bits per heavy atom. The van der Waals surface area contributed by atoms with E-state index in [9.17, 15) is 14.4 Å². The molecule has 0 spiro atoms. The molecule has 2 amide bonds. The van der Waals surface area contributed by atoms with Crippen LogP contribution in [-0.4, -0.2) is 54.2 Å². The summed E-state index contributed by atoms with van der Waals surface area (Å²) in [6, 6.07) is 3.34. The highest BCUT2D eigenvalue weighted by atomic mass is 127. The molecule has 1 heterocycles. The summed E-state index contributed by atoms with van der Waals surface area (Å²) < 4.78 is 16.7. The van der Waals surface area contributed by atoms with E-state index in [1.165, 1.54) is 17.1 Å². The van der Waals surface area contributed by atoms with Gasteiger partial charge in [0.1, 0.15) is 5.57 Å². The molecule has 1 aliphatic rings. The van der Waals surface area contributed by atoms with Crippen molar-refractivity contribution in [2.75, 3.05) is 26.4 Å². The van der Waals surface area contributed by atoms with Crippen molar-refractivity contribution in [2.45, 2.75) is 13.8 Å². The van der Waals surface area contributed by atoms with E-state index in [2.05, 4.69) is 11.9 Å². The maximum absolute atomic E-state index is 12.7. The van der Waals surface area contributed by atoms with Crippen LogP contribution in [0.3, 0.4) is 0 Å². The van der Waals surface area contributed by atoms with E-state index in [1.807, 2.05) is 22.6 Å². The summed E-state index contributed by atoms with van der Waals surface area (Å²) in [5, 5.41) is 2.53. The van der Waals surface area contributed by atoms with Crippen LogP contribution in [0.5, 0.6) is 11.5 Å². The van der Waals surface area contributed by atoms with Gasteiger partial charge in [0, 0.05) is 6.54 Å².